The van der Waals surface area contributed by atoms with Crippen LogP contribution in [0.25, 0.3) is 0 Å². The summed E-state index contributed by atoms with van der Waals surface area (Å²) in [5.41, 5.74) is 7.64. The molecule has 2 unspecified atom stereocenters. The highest BCUT2D eigenvalue weighted by Crippen LogP contribution is 2.31. The Balaban J connectivity index is 2.38. The fourth-order valence-corrected chi connectivity index (χ4v) is 3.12. The van der Waals surface area contributed by atoms with Gasteiger partial charge in [0.2, 0.25) is 0 Å². The normalized spacial score (nSPS) is 23.8. The molecule has 1 fully saturated rings. The Hall–Kier alpha value is -1.05. The lowest BCUT2D eigenvalue weighted by Gasteiger charge is -2.41. The number of nitriles is 1. The summed E-state index contributed by atoms with van der Waals surface area (Å²) in [7, 11) is 0. The molecule has 1 aromatic carbocycles. The van der Waals surface area contributed by atoms with Crippen molar-refractivity contribution in [3.63, 3.8) is 0 Å². The molecule has 0 saturated carbocycles. The number of nitrogens with zero attached hydrogens (tertiary/aromatic N) is 2. The Bertz CT molecular complexity index is 467. The second kappa shape index (κ2) is 5.73. The van der Waals surface area contributed by atoms with Crippen molar-refractivity contribution in [1.82, 2.24) is 0 Å². The van der Waals surface area contributed by atoms with Gasteiger partial charge in [-0.15, -0.1) is 0 Å². The van der Waals surface area contributed by atoms with Gasteiger partial charge in [0.05, 0.1) is 11.3 Å². The van der Waals surface area contributed by atoms with Crippen LogP contribution in [0.15, 0.2) is 22.7 Å². The van der Waals surface area contributed by atoms with E-state index in [1.165, 1.54) is 12.8 Å². The minimum Gasteiger partial charge on any atom is -0.366 e. The molecule has 1 aliphatic rings. The first-order chi connectivity index (χ1) is 8.67. The van der Waals surface area contributed by atoms with Crippen LogP contribution in [0.4, 0.5) is 5.69 Å². The van der Waals surface area contributed by atoms with Crippen molar-refractivity contribution in [2.45, 2.75) is 25.8 Å². The summed E-state index contributed by atoms with van der Waals surface area (Å²) >= 11 is 3.41. The molecule has 0 bridgehead atoms. The van der Waals surface area contributed by atoms with E-state index >= 15 is 0 Å². The molecule has 0 aromatic heterocycles. The van der Waals surface area contributed by atoms with E-state index in [-0.39, 0.29) is 0 Å². The highest BCUT2D eigenvalue weighted by molar-refractivity contribution is 9.10. The minimum absolute atomic E-state index is 0.340. The van der Waals surface area contributed by atoms with E-state index in [1.807, 2.05) is 18.2 Å². The molecule has 18 heavy (non-hydrogen) atoms. The molecule has 96 valence electrons. The zero-order chi connectivity index (χ0) is 13.1. The van der Waals surface area contributed by atoms with Gasteiger partial charge in [-0.3, -0.25) is 0 Å². The quantitative estimate of drug-likeness (QED) is 0.914. The van der Waals surface area contributed by atoms with Gasteiger partial charge in [-0.1, -0.05) is 22.9 Å². The Morgan fingerprint density at radius 2 is 2.33 bits per heavy atom. The first-order valence-electron chi connectivity index (χ1n) is 6.33. The molecule has 2 N–H and O–H groups in total. The van der Waals surface area contributed by atoms with E-state index in [0.29, 0.717) is 18.5 Å². The third-order valence-electron chi connectivity index (χ3n) is 3.75. The summed E-state index contributed by atoms with van der Waals surface area (Å²) in [6.07, 6.45) is 2.38. The summed E-state index contributed by atoms with van der Waals surface area (Å²) in [5.74, 6) is 0.582. The minimum atomic E-state index is 0.340. The van der Waals surface area contributed by atoms with E-state index in [2.05, 4.69) is 33.8 Å². The lowest BCUT2D eigenvalue weighted by Crippen LogP contribution is -2.49. The number of anilines is 1. The van der Waals surface area contributed by atoms with Gasteiger partial charge in [0, 0.05) is 23.6 Å². The Morgan fingerprint density at radius 3 is 3.00 bits per heavy atom. The van der Waals surface area contributed by atoms with Gasteiger partial charge >= 0.3 is 0 Å². The van der Waals surface area contributed by atoms with E-state index in [4.69, 9.17) is 5.73 Å². The Labute approximate surface area is 117 Å². The SMILES string of the molecule is CC1CCCN(c2ccc(Br)cc2C#N)C1CN. The number of nitrogens with two attached hydrogens (primary N) is 1. The van der Waals surface area contributed by atoms with Gasteiger partial charge in [0.25, 0.3) is 0 Å². The molecule has 1 aliphatic heterocycles. The average molecular weight is 308 g/mol. The standard InChI is InChI=1S/C14H18BrN3/c1-10-3-2-6-18(14(10)9-17)13-5-4-12(15)7-11(13)8-16/h4-5,7,10,14H,2-3,6,9,17H2,1H3. The molecule has 0 radical (unpaired) electrons. The van der Waals surface area contributed by atoms with E-state index in [0.717, 1.165) is 22.3 Å². The number of halogens is 1. The predicted molar refractivity (Wildman–Crippen MR) is 77.4 cm³/mol. The van der Waals surface area contributed by atoms with E-state index < -0.39 is 0 Å². The first kappa shape index (κ1) is 13.4. The van der Waals surface area contributed by atoms with Crippen LogP contribution in [-0.2, 0) is 0 Å². The molecule has 2 rings (SSSR count). The summed E-state index contributed by atoms with van der Waals surface area (Å²) in [4.78, 5) is 2.30. The fourth-order valence-electron chi connectivity index (χ4n) is 2.76. The van der Waals surface area contributed by atoms with Crippen molar-refractivity contribution >= 4 is 21.6 Å². The maximum Gasteiger partial charge on any atom is 0.101 e. The van der Waals surface area contributed by atoms with Crippen molar-refractivity contribution in [2.75, 3.05) is 18.0 Å². The van der Waals surface area contributed by atoms with Gasteiger partial charge in [-0.25, -0.2) is 0 Å². The molecule has 2 atom stereocenters. The fraction of sp³-hybridized carbons (Fsp3) is 0.500. The van der Waals surface area contributed by atoms with Crippen LogP contribution in [0.2, 0.25) is 0 Å². The molecule has 1 aromatic rings. The van der Waals surface area contributed by atoms with Crippen molar-refractivity contribution in [1.29, 1.82) is 5.26 Å². The Kier molecular flexibility index (Phi) is 4.26. The van der Waals surface area contributed by atoms with Crippen molar-refractivity contribution in [3.05, 3.63) is 28.2 Å². The molecule has 0 spiro atoms. The molecule has 0 amide bonds. The zero-order valence-corrected chi connectivity index (χ0v) is 12.2. The smallest absolute Gasteiger partial charge is 0.101 e. The maximum absolute atomic E-state index is 9.27. The van der Waals surface area contributed by atoms with Crippen LogP contribution in [-0.4, -0.2) is 19.1 Å². The highest BCUT2D eigenvalue weighted by Gasteiger charge is 2.28. The number of benzene rings is 1. The summed E-state index contributed by atoms with van der Waals surface area (Å²) in [6.45, 7) is 3.87. The number of piperidine rings is 1. The van der Waals surface area contributed by atoms with Gasteiger partial charge in [-0.2, -0.15) is 5.26 Å². The zero-order valence-electron chi connectivity index (χ0n) is 10.6. The van der Waals surface area contributed by atoms with Crippen LogP contribution >= 0.6 is 15.9 Å². The highest BCUT2D eigenvalue weighted by atomic mass is 79.9. The van der Waals surface area contributed by atoms with E-state index in [1.54, 1.807) is 0 Å². The largest absolute Gasteiger partial charge is 0.366 e. The maximum atomic E-state index is 9.27. The summed E-state index contributed by atoms with van der Waals surface area (Å²) in [5, 5.41) is 9.27. The van der Waals surface area contributed by atoms with Gasteiger partial charge in [-0.05, 0) is 37.0 Å². The number of rotatable bonds is 2. The predicted octanol–water partition coefficient (Wildman–Crippen LogP) is 2.88. The summed E-state index contributed by atoms with van der Waals surface area (Å²) in [6, 6.07) is 8.50. The Morgan fingerprint density at radius 1 is 1.56 bits per heavy atom. The monoisotopic (exact) mass is 307 g/mol. The van der Waals surface area contributed by atoms with Crippen molar-refractivity contribution < 1.29 is 0 Å². The second-order valence-corrected chi connectivity index (χ2v) is 5.80. The molecular weight excluding hydrogens is 290 g/mol. The molecule has 0 aliphatic carbocycles. The van der Waals surface area contributed by atoms with E-state index in [9.17, 15) is 5.26 Å². The molecular formula is C14H18BrN3. The molecule has 1 saturated heterocycles. The average Bonchev–Trinajstić information content (AvgIpc) is 2.38. The third kappa shape index (κ3) is 2.52. The van der Waals surface area contributed by atoms with Crippen molar-refractivity contribution in [2.24, 2.45) is 11.7 Å². The summed E-state index contributed by atoms with van der Waals surface area (Å²) < 4.78 is 0.942. The molecule has 3 nitrogen and oxygen atoms in total. The number of hydrogen-bond donors (Lipinski definition) is 1. The lowest BCUT2D eigenvalue weighted by molar-refractivity contribution is 0.350. The van der Waals surface area contributed by atoms with Crippen molar-refractivity contribution in [3.8, 4) is 6.07 Å². The van der Waals surface area contributed by atoms with Gasteiger partial charge in [0.1, 0.15) is 6.07 Å². The lowest BCUT2D eigenvalue weighted by atomic mass is 9.90. The second-order valence-electron chi connectivity index (χ2n) is 4.89. The topological polar surface area (TPSA) is 53.0 Å². The van der Waals surface area contributed by atoms with Crippen LogP contribution in [0.1, 0.15) is 25.3 Å². The van der Waals surface area contributed by atoms with Crippen LogP contribution < -0.4 is 10.6 Å². The van der Waals surface area contributed by atoms with Gasteiger partial charge in [0.15, 0.2) is 0 Å². The van der Waals surface area contributed by atoms with Gasteiger partial charge < -0.3 is 10.6 Å². The number of hydrogen-bond acceptors (Lipinski definition) is 3. The first-order valence-corrected chi connectivity index (χ1v) is 7.13. The third-order valence-corrected chi connectivity index (χ3v) is 4.24. The van der Waals surface area contributed by atoms with Crippen LogP contribution in [0.3, 0.4) is 0 Å². The van der Waals surface area contributed by atoms with Crippen LogP contribution in [0, 0.1) is 17.2 Å². The molecule has 1 heterocycles. The van der Waals surface area contributed by atoms with Crippen LogP contribution in [0.5, 0.6) is 0 Å². The molecule has 4 heteroatoms.